The lowest BCUT2D eigenvalue weighted by atomic mass is 9.78. The third-order valence-electron chi connectivity index (χ3n) is 20.1. The Balaban J connectivity index is 1.65. The molecule has 6 rings (SSSR count). The predicted octanol–water partition coefficient (Wildman–Crippen LogP) is 10.7. The van der Waals surface area contributed by atoms with Crippen LogP contribution in [0.5, 0.6) is 0 Å². The van der Waals surface area contributed by atoms with Gasteiger partial charge in [-0.05, 0) is 180 Å². The van der Waals surface area contributed by atoms with E-state index in [2.05, 4.69) is 177 Å². The van der Waals surface area contributed by atoms with Gasteiger partial charge in [0.1, 0.15) is 30.5 Å². The average Bonchev–Trinajstić information content (AvgIpc) is 3.22. The van der Waals surface area contributed by atoms with E-state index in [0.29, 0.717) is 64.2 Å². The van der Waals surface area contributed by atoms with Crippen LogP contribution in [-0.2, 0) is 23.7 Å². The Morgan fingerprint density at radius 2 is 0.434 bits per heavy atom. The molecule has 0 unspecified atom stereocenters. The zero-order valence-electron chi connectivity index (χ0n) is 51.9. The van der Waals surface area contributed by atoms with Crippen molar-refractivity contribution >= 4 is 29.8 Å². The van der Waals surface area contributed by atoms with Crippen molar-refractivity contribution in [2.24, 2.45) is 0 Å². The molecule has 0 bridgehead atoms. The van der Waals surface area contributed by atoms with Crippen LogP contribution in [0.25, 0.3) is 0 Å². The van der Waals surface area contributed by atoms with Crippen LogP contribution in [0.1, 0.15) is 254 Å². The first kappa shape index (κ1) is 61.6. The molecule has 0 amide bonds. The highest BCUT2D eigenvalue weighted by molar-refractivity contribution is 6.19. The molecule has 5 heterocycles. The number of piperidine rings is 5. The third-order valence-corrected chi connectivity index (χ3v) is 20.1. The Kier molecular flexibility index (Phi) is 16.3. The summed E-state index contributed by atoms with van der Waals surface area (Å²) in [5, 5.41) is 0. The summed E-state index contributed by atoms with van der Waals surface area (Å²) in [5.74, 6) is -4.96. The molecule has 5 saturated heterocycles. The molecule has 0 atom stereocenters. The quantitative estimate of drug-likeness (QED) is 0.162. The summed E-state index contributed by atoms with van der Waals surface area (Å²) in [6.07, 6.45) is 1.07. The monoisotopic (exact) mass is 1060 g/mol. The number of ether oxygens (including phenoxy) is 5. The summed E-state index contributed by atoms with van der Waals surface area (Å²) >= 11 is 0. The lowest BCUT2D eigenvalue weighted by molar-refractivity contribution is -0.0766. The fourth-order valence-corrected chi connectivity index (χ4v) is 14.5. The normalized spacial score (nSPS) is 27.0. The molecule has 15 nitrogen and oxygen atoms in total. The number of hydrogen-bond acceptors (Lipinski definition) is 15. The van der Waals surface area contributed by atoms with Crippen LogP contribution in [0, 0.1) is 0 Å². The van der Waals surface area contributed by atoms with Gasteiger partial charge in [0.2, 0.25) is 0 Å². The van der Waals surface area contributed by atoms with Crippen LogP contribution in [0.2, 0.25) is 0 Å². The SMILES string of the molecule is CN1C(C)(C)CC(OC(=O)c2cc(C(=O)OC3CC(C)(C)N(C)C(C)(C)C3)c(C(=O)OC3CC(C)(C)N(C)C(C)(C)C3)c(C(=O)OC3CC(C)(C)N(C)C(C)(C)C3)c2C(=O)OC2CC(C)(C)N(C)C(C)(C)C2)CC1(C)C. The number of nitrogens with zero attached hydrogens (tertiary/aromatic N) is 5. The Morgan fingerprint density at radius 3 is 0.605 bits per heavy atom. The van der Waals surface area contributed by atoms with Crippen molar-refractivity contribution in [3.63, 3.8) is 0 Å². The summed E-state index contributed by atoms with van der Waals surface area (Å²) in [4.78, 5) is 89.7. The summed E-state index contributed by atoms with van der Waals surface area (Å²) in [6.45, 7) is 41.7. The number of esters is 5. The zero-order chi connectivity index (χ0) is 57.9. The molecule has 0 N–H and O–H groups in total. The van der Waals surface area contributed by atoms with Crippen LogP contribution < -0.4 is 0 Å². The lowest BCUT2D eigenvalue weighted by Gasteiger charge is -2.53. The molecule has 5 aliphatic rings. The van der Waals surface area contributed by atoms with Gasteiger partial charge in [-0.3, -0.25) is 24.5 Å². The summed E-state index contributed by atoms with van der Waals surface area (Å²) in [5.41, 5.74) is -6.54. The van der Waals surface area contributed by atoms with Crippen LogP contribution in [-0.4, -0.2) is 175 Å². The average molecular weight is 1060 g/mol. The number of benzene rings is 1. The van der Waals surface area contributed by atoms with Crippen molar-refractivity contribution in [2.75, 3.05) is 35.2 Å². The molecule has 430 valence electrons. The smallest absolute Gasteiger partial charge is 0.340 e. The second-order valence-electron chi connectivity index (χ2n) is 30.2. The first-order valence-corrected chi connectivity index (χ1v) is 28.1. The minimum atomic E-state index is -1.06. The number of hydrogen-bond donors (Lipinski definition) is 0. The highest BCUT2D eigenvalue weighted by Crippen LogP contribution is 2.45. The zero-order valence-corrected chi connectivity index (χ0v) is 51.9. The Morgan fingerprint density at radius 1 is 0.289 bits per heavy atom. The van der Waals surface area contributed by atoms with E-state index in [4.69, 9.17) is 23.7 Å². The first-order valence-electron chi connectivity index (χ1n) is 28.1. The molecule has 0 spiro atoms. The fourth-order valence-electron chi connectivity index (χ4n) is 14.5. The van der Waals surface area contributed by atoms with Crippen LogP contribution in [0.4, 0.5) is 0 Å². The molecule has 5 aliphatic heterocycles. The molecule has 76 heavy (non-hydrogen) atoms. The second-order valence-corrected chi connectivity index (χ2v) is 30.2. The minimum Gasteiger partial charge on any atom is -0.459 e. The minimum absolute atomic E-state index is 0.393. The maximum absolute atomic E-state index is 15.9. The highest BCUT2D eigenvalue weighted by Gasteiger charge is 2.52. The van der Waals surface area contributed by atoms with E-state index in [9.17, 15) is 0 Å². The molecular formula is C61H101N5O10. The van der Waals surface area contributed by atoms with Gasteiger partial charge in [0.15, 0.2) is 0 Å². The van der Waals surface area contributed by atoms with Crippen molar-refractivity contribution in [1.29, 1.82) is 0 Å². The predicted molar refractivity (Wildman–Crippen MR) is 298 cm³/mol. The van der Waals surface area contributed by atoms with Gasteiger partial charge < -0.3 is 23.7 Å². The first-order chi connectivity index (χ1) is 34.2. The standard InChI is InChI=1S/C61H101N5O10/c1-52(2)27-37(28-53(3,4)62(52)21)72-47(67)42-26-43(48(68)73-38-29-54(5,6)63(22)55(7,8)30-38)45(50(70)75-40-33-58(13,14)65(24)59(15,16)34-40)46(51(71)76-41-35-60(17,18)66(25)61(19,20)36-41)44(42)49(69)74-39-31-56(9,10)64(23)57(11,12)32-39/h26,37-41H,27-36H2,1-25H3. The third kappa shape index (κ3) is 12.2. The van der Waals surface area contributed by atoms with Gasteiger partial charge in [0.05, 0.1) is 27.8 Å². The second kappa shape index (κ2) is 20.2. The highest BCUT2D eigenvalue weighted by atomic mass is 16.6. The Bertz CT molecular complexity index is 2210. The Labute approximate surface area is 458 Å². The number of likely N-dealkylation sites (tertiary alicyclic amines) is 5. The Hall–Kier alpha value is -3.63. The van der Waals surface area contributed by atoms with Crippen molar-refractivity contribution in [3.05, 3.63) is 33.9 Å². The molecule has 0 saturated carbocycles. The topological polar surface area (TPSA) is 148 Å². The molecule has 5 fully saturated rings. The van der Waals surface area contributed by atoms with Gasteiger partial charge in [-0.2, -0.15) is 0 Å². The molecule has 0 aliphatic carbocycles. The molecule has 1 aromatic rings. The van der Waals surface area contributed by atoms with Crippen LogP contribution >= 0.6 is 0 Å². The van der Waals surface area contributed by atoms with Crippen molar-refractivity contribution in [3.8, 4) is 0 Å². The van der Waals surface area contributed by atoms with Gasteiger partial charge in [0, 0.05) is 120 Å². The van der Waals surface area contributed by atoms with Gasteiger partial charge >= 0.3 is 29.8 Å². The van der Waals surface area contributed by atoms with Gasteiger partial charge in [-0.25, -0.2) is 24.0 Å². The van der Waals surface area contributed by atoms with E-state index in [0.717, 1.165) is 0 Å². The van der Waals surface area contributed by atoms with E-state index < -0.39 is 144 Å². The van der Waals surface area contributed by atoms with E-state index in [1.54, 1.807) is 0 Å². The molecule has 0 radical (unpaired) electrons. The summed E-state index contributed by atoms with van der Waals surface area (Å²) in [6, 6.07) is 1.22. The molecule has 0 aromatic heterocycles. The van der Waals surface area contributed by atoms with E-state index in [1.165, 1.54) is 6.07 Å². The largest absolute Gasteiger partial charge is 0.459 e. The van der Waals surface area contributed by atoms with Gasteiger partial charge in [-0.1, -0.05) is 0 Å². The summed E-state index contributed by atoms with van der Waals surface area (Å²) in [7, 11) is 10.3. The van der Waals surface area contributed by atoms with Crippen molar-refractivity contribution < 1.29 is 47.7 Å². The van der Waals surface area contributed by atoms with Crippen molar-refractivity contribution in [1.82, 2.24) is 24.5 Å². The van der Waals surface area contributed by atoms with Gasteiger partial charge in [-0.15, -0.1) is 0 Å². The number of carbonyl (C=O) groups excluding carboxylic acids is 5. The maximum Gasteiger partial charge on any atom is 0.340 e. The molecule has 15 heteroatoms. The fraction of sp³-hybridized carbons (Fsp3) is 0.820. The maximum atomic E-state index is 15.9. The number of rotatable bonds is 10. The van der Waals surface area contributed by atoms with Gasteiger partial charge in [0.25, 0.3) is 0 Å². The molecular weight excluding hydrogens is 963 g/mol. The number of carbonyl (C=O) groups is 5. The van der Waals surface area contributed by atoms with E-state index in [1.807, 2.05) is 21.1 Å². The van der Waals surface area contributed by atoms with Crippen molar-refractivity contribution in [2.45, 2.75) is 289 Å². The van der Waals surface area contributed by atoms with Crippen LogP contribution in [0.3, 0.4) is 0 Å². The van der Waals surface area contributed by atoms with E-state index in [-0.39, 0.29) is 0 Å². The summed E-state index contributed by atoms with van der Waals surface area (Å²) < 4.78 is 32.8. The van der Waals surface area contributed by atoms with E-state index >= 15 is 24.0 Å². The van der Waals surface area contributed by atoms with Crippen LogP contribution in [0.15, 0.2) is 6.07 Å². The lowest BCUT2D eigenvalue weighted by Crippen LogP contribution is -2.60. The molecule has 1 aromatic carbocycles.